The van der Waals surface area contributed by atoms with Crippen LogP contribution in [0.5, 0.6) is 0 Å². The van der Waals surface area contributed by atoms with E-state index in [2.05, 4.69) is 20.8 Å². The maximum absolute atomic E-state index is 9.23. The fourth-order valence-corrected chi connectivity index (χ4v) is 4.45. The second kappa shape index (κ2) is 5.07. The van der Waals surface area contributed by atoms with E-state index < -0.39 is 0 Å². The van der Waals surface area contributed by atoms with Crippen LogP contribution in [0.2, 0.25) is 0 Å². The van der Waals surface area contributed by atoms with Crippen LogP contribution in [-0.2, 0) is 0 Å². The lowest BCUT2D eigenvalue weighted by Crippen LogP contribution is -2.49. The van der Waals surface area contributed by atoms with Crippen LogP contribution in [0.25, 0.3) is 0 Å². The van der Waals surface area contributed by atoms with Gasteiger partial charge in [0.1, 0.15) is 0 Å². The monoisotopic (exact) mass is 231 g/mol. The van der Waals surface area contributed by atoms with E-state index in [4.69, 9.17) is 5.73 Å². The molecule has 1 rings (SSSR count). The molecular weight excluding hydrogens is 206 g/mol. The largest absolute Gasteiger partial charge is 0.396 e. The lowest BCUT2D eigenvalue weighted by molar-refractivity contribution is 0.107. The fourth-order valence-electron chi connectivity index (χ4n) is 2.83. The molecular formula is C12H25NOS. The minimum atomic E-state index is 0.163. The highest BCUT2D eigenvalue weighted by Crippen LogP contribution is 2.48. The Balaban J connectivity index is 2.80. The van der Waals surface area contributed by atoms with Gasteiger partial charge in [-0.3, -0.25) is 0 Å². The van der Waals surface area contributed by atoms with Gasteiger partial charge in [0, 0.05) is 18.4 Å². The Morgan fingerprint density at radius 2 is 2.07 bits per heavy atom. The predicted molar refractivity (Wildman–Crippen MR) is 68.1 cm³/mol. The van der Waals surface area contributed by atoms with Gasteiger partial charge >= 0.3 is 0 Å². The second-order valence-electron chi connectivity index (χ2n) is 5.68. The Morgan fingerprint density at radius 3 is 2.53 bits per heavy atom. The maximum Gasteiger partial charge on any atom is 0.0437 e. The number of aliphatic hydroxyl groups is 1. The van der Waals surface area contributed by atoms with E-state index in [0.29, 0.717) is 5.41 Å². The van der Waals surface area contributed by atoms with Crippen LogP contribution < -0.4 is 5.73 Å². The van der Waals surface area contributed by atoms with Crippen molar-refractivity contribution in [3.05, 3.63) is 0 Å². The predicted octanol–water partition coefficient (Wildman–Crippen LogP) is 2.26. The van der Waals surface area contributed by atoms with Crippen molar-refractivity contribution in [3.63, 3.8) is 0 Å². The quantitative estimate of drug-likeness (QED) is 0.780. The summed E-state index contributed by atoms with van der Waals surface area (Å²) in [6, 6.07) is 0.233. The van der Waals surface area contributed by atoms with Crippen LogP contribution in [0, 0.1) is 10.8 Å². The van der Waals surface area contributed by atoms with E-state index in [9.17, 15) is 5.11 Å². The molecule has 0 radical (unpaired) electrons. The number of rotatable bonds is 4. The van der Waals surface area contributed by atoms with Gasteiger partial charge in [-0.05, 0) is 35.8 Å². The second-order valence-corrected chi connectivity index (χ2v) is 6.67. The van der Waals surface area contributed by atoms with Crippen molar-refractivity contribution in [2.75, 3.05) is 18.1 Å². The minimum absolute atomic E-state index is 0.163. The molecule has 90 valence electrons. The van der Waals surface area contributed by atoms with Crippen molar-refractivity contribution in [2.45, 2.75) is 46.1 Å². The zero-order chi connectivity index (χ0) is 11.5. The number of nitrogens with two attached hydrogens (primary N) is 1. The first kappa shape index (κ1) is 13.3. The summed E-state index contributed by atoms with van der Waals surface area (Å²) >= 11 is 2.00. The summed E-state index contributed by atoms with van der Waals surface area (Å²) in [5.41, 5.74) is 6.79. The molecule has 15 heavy (non-hydrogen) atoms. The van der Waals surface area contributed by atoms with Gasteiger partial charge in [-0.2, -0.15) is 11.8 Å². The molecule has 1 aliphatic heterocycles. The first-order chi connectivity index (χ1) is 6.96. The van der Waals surface area contributed by atoms with Crippen molar-refractivity contribution < 1.29 is 5.11 Å². The zero-order valence-corrected chi connectivity index (χ0v) is 11.1. The molecule has 2 nitrogen and oxygen atoms in total. The van der Waals surface area contributed by atoms with Gasteiger partial charge < -0.3 is 10.8 Å². The van der Waals surface area contributed by atoms with Gasteiger partial charge in [0.2, 0.25) is 0 Å². The van der Waals surface area contributed by atoms with Gasteiger partial charge in [-0.1, -0.05) is 20.8 Å². The van der Waals surface area contributed by atoms with Gasteiger partial charge in [0.25, 0.3) is 0 Å². The molecule has 0 bridgehead atoms. The lowest BCUT2D eigenvalue weighted by atomic mass is 9.68. The minimum Gasteiger partial charge on any atom is -0.396 e. The Kier molecular flexibility index (Phi) is 4.50. The highest BCUT2D eigenvalue weighted by atomic mass is 32.2. The molecule has 3 N–H and O–H groups in total. The third-order valence-electron chi connectivity index (χ3n) is 3.55. The first-order valence-electron chi connectivity index (χ1n) is 5.90. The SMILES string of the molecule is CCC(N)C1(CCO)CSCC(C)(C)C1. The van der Waals surface area contributed by atoms with Crippen LogP contribution >= 0.6 is 11.8 Å². The standard InChI is InChI=1S/C12H25NOS/c1-4-10(13)12(5-6-14)7-11(2,3)8-15-9-12/h10,14H,4-9,13H2,1-3H3. The molecule has 3 heteroatoms. The molecule has 0 amide bonds. The van der Waals surface area contributed by atoms with Crippen molar-refractivity contribution in [1.29, 1.82) is 0 Å². The average Bonchev–Trinajstić information content (AvgIpc) is 2.15. The number of thioether (sulfide) groups is 1. The maximum atomic E-state index is 9.23. The lowest BCUT2D eigenvalue weighted by Gasteiger charge is -2.47. The number of hydrogen-bond donors (Lipinski definition) is 2. The molecule has 1 saturated heterocycles. The van der Waals surface area contributed by atoms with Crippen molar-refractivity contribution >= 4 is 11.8 Å². The first-order valence-corrected chi connectivity index (χ1v) is 7.05. The Morgan fingerprint density at radius 1 is 1.40 bits per heavy atom. The molecule has 1 heterocycles. The topological polar surface area (TPSA) is 46.2 Å². The Hall–Kier alpha value is 0.270. The third-order valence-corrected chi connectivity index (χ3v) is 5.31. The van der Waals surface area contributed by atoms with E-state index >= 15 is 0 Å². The average molecular weight is 231 g/mol. The number of aliphatic hydroxyl groups excluding tert-OH is 1. The highest BCUT2D eigenvalue weighted by Gasteiger charge is 2.43. The summed E-state index contributed by atoms with van der Waals surface area (Å²) < 4.78 is 0. The van der Waals surface area contributed by atoms with Crippen LogP contribution in [0.4, 0.5) is 0 Å². The fraction of sp³-hybridized carbons (Fsp3) is 1.00. The molecule has 0 aromatic heterocycles. The van der Waals surface area contributed by atoms with E-state index in [0.717, 1.165) is 25.0 Å². The zero-order valence-electron chi connectivity index (χ0n) is 10.3. The third kappa shape index (κ3) is 3.11. The van der Waals surface area contributed by atoms with E-state index in [-0.39, 0.29) is 18.1 Å². The molecule has 2 atom stereocenters. The molecule has 0 aromatic carbocycles. The van der Waals surface area contributed by atoms with Gasteiger partial charge in [0.05, 0.1) is 0 Å². The molecule has 0 aromatic rings. The summed E-state index contributed by atoms with van der Waals surface area (Å²) in [5.74, 6) is 2.34. The van der Waals surface area contributed by atoms with Crippen LogP contribution in [0.1, 0.15) is 40.0 Å². The van der Waals surface area contributed by atoms with Crippen molar-refractivity contribution in [3.8, 4) is 0 Å². The summed E-state index contributed by atoms with van der Waals surface area (Å²) in [5, 5.41) is 9.23. The van der Waals surface area contributed by atoms with Crippen LogP contribution in [0.15, 0.2) is 0 Å². The highest BCUT2D eigenvalue weighted by molar-refractivity contribution is 7.99. The Bertz CT molecular complexity index is 204. The molecule has 0 saturated carbocycles. The molecule has 0 aliphatic carbocycles. The van der Waals surface area contributed by atoms with E-state index in [1.165, 1.54) is 5.75 Å². The summed E-state index contributed by atoms with van der Waals surface area (Å²) in [6.07, 6.45) is 3.03. The van der Waals surface area contributed by atoms with Gasteiger partial charge in [0.15, 0.2) is 0 Å². The van der Waals surface area contributed by atoms with Crippen LogP contribution in [0.3, 0.4) is 0 Å². The molecule has 0 spiro atoms. The van der Waals surface area contributed by atoms with E-state index in [1.807, 2.05) is 11.8 Å². The van der Waals surface area contributed by atoms with Crippen molar-refractivity contribution in [2.24, 2.45) is 16.6 Å². The molecule has 2 unspecified atom stereocenters. The summed E-state index contributed by atoms with van der Waals surface area (Å²) in [6.45, 7) is 7.04. The van der Waals surface area contributed by atoms with Gasteiger partial charge in [-0.15, -0.1) is 0 Å². The Labute approximate surface area is 98.0 Å². The van der Waals surface area contributed by atoms with Crippen LogP contribution in [-0.4, -0.2) is 29.3 Å². The number of hydrogen-bond acceptors (Lipinski definition) is 3. The molecule has 1 fully saturated rings. The molecule has 1 aliphatic rings. The smallest absolute Gasteiger partial charge is 0.0437 e. The summed E-state index contributed by atoms with van der Waals surface area (Å²) in [7, 11) is 0. The van der Waals surface area contributed by atoms with Crippen molar-refractivity contribution in [1.82, 2.24) is 0 Å². The summed E-state index contributed by atoms with van der Waals surface area (Å²) in [4.78, 5) is 0. The van der Waals surface area contributed by atoms with E-state index in [1.54, 1.807) is 0 Å². The normalized spacial score (nSPS) is 32.6. The van der Waals surface area contributed by atoms with Gasteiger partial charge in [-0.25, -0.2) is 0 Å².